The van der Waals surface area contributed by atoms with Gasteiger partial charge in [0.1, 0.15) is 12.4 Å². The first-order chi connectivity index (χ1) is 14.8. The van der Waals surface area contributed by atoms with E-state index >= 15 is 0 Å². The molecule has 31 heavy (non-hydrogen) atoms. The number of carbonyl (C=O) groups is 1. The van der Waals surface area contributed by atoms with Gasteiger partial charge in [0, 0.05) is 21.2 Å². The average molecular weight is 517 g/mol. The maximum absolute atomic E-state index is 12.5. The van der Waals surface area contributed by atoms with Gasteiger partial charge in [0.05, 0.1) is 22.2 Å². The summed E-state index contributed by atoms with van der Waals surface area (Å²) in [5.41, 5.74) is 1.88. The number of hydrogen-bond donors (Lipinski definition) is 0. The van der Waals surface area contributed by atoms with Crippen molar-refractivity contribution in [2.24, 2.45) is 0 Å². The highest BCUT2D eigenvalue weighted by atomic mass is 35.5. The van der Waals surface area contributed by atoms with Gasteiger partial charge in [0.15, 0.2) is 11.5 Å². The molecule has 0 heterocycles. The van der Waals surface area contributed by atoms with Crippen LogP contribution in [-0.4, -0.2) is 12.9 Å². The van der Waals surface area contributed by atoms with Crippen molar-refractivity contribution in [2.45, 2.75) is 6.61 Å². The third kappa shape index (κ3) is 6.09. The molecule has 3 aromatic carbocycles. The molecule has 0 atom stereocenters. The molecular weight excluding hydrogens is 502 g/mol. The lowest BCUT2D eigenvalue weighted by atomic mass is 10.1. The van der Waals surface area contributed by atoms with Gasteiger partial charge in [0.2, 0.25) is 0 Å². The third-order valence-corrected chi connectivity index (χ3v) is 5.59. The molecule has 3 nitrogen and oxygen atoms in total. The van der Waals surface area contributed by atoms with Gasteiger partial charge in [-0.15, -0.1) is 0 Å². The molecule has 0 saturated carbocycles. The molecular formula is C23H15Cl5O3. The molecule has 0 unspecified atom stereocenters. The zero-order valence-electron chi connectivity index (χ0n) is 16.1. The molecule has 0 radical (unpaired) electrons. The third-order valence-electron chi connectivity index (χ3n) is 4.26. The highest BCUT2D eigenvalue weighted by Crippen LogP contribution is 2.37. The lowest BCUT2D eigenvalue weighted by molar-refractivity contribution is 0.104. The van der Waals surface area contributed by atoms with Crippen molar-refractivity contribution in [3.05, 3.63) is 96.4 Å². The summed E-state index contributed by atoms with van der Waals surface area (Å²) in [6, 6.07) is 13.3. The van der Waals surface area contributed by atoms with Crippen molar-refractivity contribution in [1.29, 1.82) is 0 Å². The summed E-state index contributed by atoms with van der Waals surface area (Å²) in [7, 11) is 1.56. The molecule has 0 amide bonds. The first kappa shape index (κ1) is 23.8. The van der Waals surface area contributed by atoms with Gasteiger partial charge in [-0.1, -0.05) is 70.1 Å². The zero-order valence-corrected chi connectivity index (χ0v) is 19.9. The molecule has 0 aliphatic carbocycles. The van der Waals surface area contributed by atoms with Crippen LogP contribution in [0.3, 0.4) is 0 Å². The van der Waals surface area contributed by atoms with Gasteiger partial charge in [-0.25, -0.2) is 0 Å². The van der Waals surface area contributed by atoms with Crippen LogP contribution in [0, 0.1) is 0 Å². The second-order valence-electron chi connectivity index (χ2n) is 6.38. The van der Waals surface area contributed by atoms with Crippen LogP contribution in [0.15, 0.2) is 54.6 Å². The molecule has 8 heteroatoms. The predicted octanol–water partition coefficient (Wildman–Crippen LogP) is 8.44. The van der Waals surface area contributed by atoms with Crippen molar-refractivity contribution in [2.75, 3.05) is 7.11 Å². The van der Waals surface area contributed by atoms with Crippen LogP contribution in [0.4, 0.5) is 0 Å². The Bertz CT molecular complexity index is 1130. The van der Waals surface area contributed by atoms with E-state index in [4.69, 9.17) is 67.5 Å². The van der Waals surface area contributed by atoms with Crippen LogP contribution < -0.4 is 9.47 Å². The summed E-state index contributed by atoms with van der Waals surface area (Å²) >= 11 is 30.3. The highest BCUT2D eigenvalue weighted by Gasteiger charge is 2.12. The Morgan fingerprint density at radius 3 is 2.19 bits per heavy atom. The van der Waals surface area contributed by atoms with E-state index in [1.54, 1.807) is 43.5 Å². The molecule has 3 rings (SSSR count). The van der Waals surface area contributed by atoms with Gasteiger partial charge < -0.3 is 9.47 Å². The van der Waals surface area contributed by atoms with Crippen molar-refractivity contribution in [1.82, 2.24) is 0 Å². The number of rotatable bonds is 7. The Labute approximate surface area is 205 Å². The van der Waals surface area contributed by atoms with Crippen LogP contribution in [0.5, 0.6) is 11.5 Å². The number of ether oxygens (including phenoxy) is 2. The van der Waals surface area contributed by atoms with Crippen LogP contribution in [0.25, 0.3) is 6.08 Å². The van der Waals surface area contributed by atoms with E-state index in [2.05, 4.69) is 0 Å². The summed E-state index contributed by atoms with van der Waals surface area (Å²) in [6.45, 7) is 0.142. The fraction of sp³-hybridized carbons (Fsp3) is 0.0870. The summed E-state index contributed by atoms with van der Waals surface area (Å²) < 4.78 is 11.2. The summed E-state index contributed by atoms with van der Waals surface area (Å²) in [5, 5.41) is 1.78. The van der Waals surface area contributed by atoms with Gasteiger partial charge in [-0.05, 0) is 54.1 Å². The first-order valence-corrected chi connectivity index (χ1v) is 10.8. The number of benzene rings is 3. The minimum absolute atomic E-state index is 0.142. The van der Waals surface area contributed by atoms with E-state index in [0.29, 0.717) is 42.2 Å². The fourth-order valence-electron chi connectivity index (χ4n) is 2.78. The summed E-state index contributed by atoms with van der Waals surface area (Å²) in [6.07, 6.45) is 3.12. The monoisotopic (exact) mass is 514 g/mol. The van der Waals surface area contributed by atoms with E-state index in [1.807, 2.05) is 12.1 Å². The van der Waals surface area contributed by atoms with Gasteiger partial charge >= 0.3 is 0 Å². The van der Waals surface area contributed by atoms with E-state index in [-0.39, 0.29) is 12.4 Å². The number of ketones is 1. The molecule has 0 aliphatic rings. The highest BCUT2D eigenvalue weighted by molar-refractivity contribution is 6.40. The molecule has 0 aromatic heterocycles. The summed E-state index contributed by atoms with van der Waals surface area (Å²) in [4.78, 5) is 12.5. The molecule has 0 bridgehead atoms. The normalized spacial score (nSPS) is 11.0. The second kappa shape index (κ2) is 10.6. The van der Waals surface area contributed by atoms with Crippen molar-refractivity contribution < 1.29 is 14.3 Å². The Hall–Kier alpha value is -1.88. The molecule has 3 aromatic rings. The van der Waals surface area contributed by atoms with Crippen LogP contribution in [0.1, 0.15) is 21.5 Å². The number of methoxy groups -OCH3 is 1. The zero-order chi connectivity index (χ0) is 22.5. The minimum atomic E-state index is -0.241. The lowest BCUT2D eigenvalue weighted by Crippen LogP contribution is -2.00. The Morgan fingerprint density at radius 1 is 0.871 bits per heavy atom. The molecule has 160 valence electrons. The van der Waals surface area contributed by atoms with E-state index in [1.165, 1.54) is 12.1 Å². The number of carbonyl (C=O) groups excluding carboxylic acids is 1. The number of halogens is 5. The van der Waals surface area contributed by atoms with Crippen molar-refractivity contribution in [3.8, 4) is 11.5 Å². The topological polar surface area (TPSA) is 35.5 Å². The van der Waals surface area contributed by atoms with E-state index in [0.717, 1.165) is 11.1 Å². The molecule has 0 aliphatic heterocycles. The molecule has 0 spiro atoms. The van der Waals surface area contributed by atoms with Gasteiger partial charge in [0.25, 0.3) is 0 Å². The SMILES string of the molecule is COc1ccc(/C=C/C(=O)c2ccc(Cl)cc2Cl)cc1COc1c(Cl)cc(Cl)cc1Cl. The Balaban J connectivity index is 1.80. The quantitative estimate of drug-likeness (QED) is 0.233. The largest absolute Gasteiger partial charge is 0.496 e. The molecule has 0 N–H and O–H groups in total. The van der Waals surface area contributed by atoms with Gasteiger partial charge in [-0.3, -0.25) is 4.79 Å². The van der Waals surface area contributed by atoms with Crippen LogP contribution in [0.2, 0.25) is 25.1 Å². The second-order valence-corrected chi connectivity index (χ2v) is 8.47. The fourth-order valence-corrected chi connectivity index (χ4v) is 4.21. The van der Waals surface area contributed by atoms with Crippen LogP contribution >= 0.6 is 58.0 Å². The lowest BCUT2D eigenvalue weighted by Gasteiger charge is -2.13. The molecule has 0 fully saturated rings. The maximum Gasteiger partial charge on any atom is 0.187 e. The first-order valence-electron chi connectivity index (χ1n) is 8.90. The van der Waals surface area contributed by atoms with Gasteiger partial charge in [-0.2, -0.15) is 0 Å². The smallest absolute Gasteiger partial charge is 0.187 e. The van der Waals surface area contributed by atoms with E-state index < -0.39 is 0 Å². The maximum atomic E-state index is 12.5. The molecule has 0 saturated heterocycles. The van der Waals surface area contributed by atoms with E-state index in [9.17, 15) is 4.79 Å². The Morgan fingerprint density at radius 2 is 1.55 bits per heavy atom. The number of hydrogen-bond acceptors (Lipinski definition) is 3. The predicted molar refractivity (Wildman–Crippen MR) is 129 cm³/mol. The standard InChI is InChI=1S/C23H15Cl5O3/c1-30-22-7-3-13(2-6-21(29)17-5-4-15(24)9-18(17)26)8-14(22)12-31-23-19(27)10-16(25)11-20(23)28/h2-11H,12H2,1H3/b6-2+. The minimum Gasteiger partial charge on any atom is -0.496 e. The number of allylic oxidation sites excluding steroid dienone is 1. The average Bonchev–Trinajstić information content (AvgIpc) is 2.71. The van der Waals surface area contributed by atoms with Crippen molar-refractivity contribution in [3.63, 3.8) is 0 Å². The Kier molecular flexibility index (Phi) is 8.15. The summed E-state index contributed by atoms with van der Waals surface area (Å²) in [5.74, 6) is 0.698. The van der Waals surface area contributed by atoms with Crippen LogP contribution in [-0.2, 0) is 6.61 Å². The van der Waals surface area contributed by atoms with Crippen molar-refractivity contribution >= 4 is 69.9 Å².